The van der Waals surface area contributed by atoms with Crippen LogP contribution >= 0.6 is 22.7 Å². The van der Waals surface area contributed by atoms with Crippen LogP contribution in [-0.4, -0.2) is 29.4 Å². The molecule has 0 aromatic carbocycles. The molecule has 1 unspecified atom stereocenters. The Labute approximate surface area is 142 Å². The Morgan fingerprint density at radius 3 is 2.70 bits per heavy atom. The largest absolute Gasteiger partial charge is 0.464 e. The molecule has 2 rings (SSSR count). The Hall–Kier alpha value is -1.93. The normalized spacial score (nSPS) is 12.0. The third kappa shape index (κ3) is 3.89. The number of nitrogens with one attached hydrogen (secondary N) is 1. The number of nitrogens with two attached hydrogens (primary N) is 1. The summed E-state index contributed by atoms with van der Waals surface area (Å²) in [5.41, 5.74) is 6.79. The van der Waals surface area contributed by atoms with E-state index in [0.29, 0.717) is 27.9 Å². The highest BCUT2D eigenvalue weighted by Gasteiger charge is 2.23. The first-order valence-electron chi connectivity index (χ1n) is 7.26. The van der Waals surface area contributed by atoms with Crippen LogP contribution in [0.5, 0.6) is 0 Å². The molecule has 2 aromatic heterocycles. The van der Waals surface area contributed by atoms with E-state index in [2.05, 4.69) is 10.3 Å². The van der Waals surface area contributed by atoms with Crippen LogP contribution in [0, 0.1) is 6.92 Å². The van der Waals surface area contributed by atoms with Gasteiger partial charge in [0.15, 0.2) is 5.13 Å². The number of anilines is 2. The molecule has 23 heavy (non-hydrogen) atoms. The fourth-order valence-electron chi connectivity index (χ4n) is 1.98. The fraction of sp³-hybridized carbons (Fsp3) is 0.400. The number of ether oxygens (including phenoxy) is 1. The second kappa shape index (κ2) is 7.56. The van der Waals surface area contributed by atoms with Crippen LogP contribution in [0.25, 0.3) is 0 Å². The molecule has 0 amide bonds. The van der Waals surface area contributed by atoms with Crippen molar-refractivity contribution in [3.63, 3.8) is 0 Å². The summed E-state index contributed by atoms with van der Waals surface area (Å²) >= 11 is 2.54. The summed E-state index contributed by atoms with van der Waals surface area (Å²) in [5, 5.41) is 5.31. The zero-order valence-corrected chi connectivity index (χ0v) is 14.8. The average molecular weight is 353 g/mol. The van der Waals surface area contributed by atoms with E-state index < -0.39 is 6.04 Å². The molecule has 0 fully saturated rings. The number of esters is 1. The minimum absolute atomic E-state index is 0.135. The molecule has 2 heterocycles. The molecule has 0 aliphatic rings. The first kappa shape index (κ1) is 17.4. The van der Waals surface area contributed by atoms with Crippen molar-refractivity contribution in [1.82, 2.24) is 4.98 Å². The number of hydrogen-bond donors (Lipinski definition) is 2. The molecule has 2 aromatic rings. The van der Waals surface area contributed by atoms with Crippen LogP contribution in [0.1, 0.15) is 40.4 Å². The summed E-state index contributed by atoms with van der Waals surface area (Å²) in [6.07, 6.45) is 0.547. The highest BCUT2D eigenvalue weighted by molar-refractivity contribution is 7.19. The van der Waals surface area contributed by atoms with Crippen molar-refractivity contribution < 1.29 is 14.3 Å². The van der Waals surface area contributed by atoms with E-state index in [0.717, 1.165) is 16.9 Å². The van der Waals surface area contributed by atoms with E-state index in [4.69, 9.17) is 10.5 Å². The van der Waals surface area contributed by atoms with Gasteiger partial charge >= 0.3 is 5.97 Å². The third-order valence-corrected chi connectivity index (χ3v) is 5.22. The Morgan fingerprint density at radius 2 is 2.13 bits per heavy atom. The van der Waals surface area contributed by atoms with Gasteiger partial charge in [-0.3, -0.25) is 4.79 Å². The van der Waals surface area contributed by atoms with Crippen molar-refractivity contribution in [1.29, 1.82) is 0 Å². The summed E-state index contributed by atoms with van der Waals surface area (Å²) in [6.45, 7) is 5.82. The second-order valence-corrected chi connectivity index (χ2v) is 6.77. The summed E-state index contributed by atoms with van der Waals surface area (Å²) in [7, 11) is 0. The number of carbonyl (C=O) groups is 2. The summed E-state index contributed by atoms with van der Waals surface area (Å²) in [6, 6.07) is 1.38. The Balaban J connectivity index is 2.19. The number of carbonyl (C=O) groups excluding carboxylic acids is 2. The Morgan fingerprint density at radius 1 is 1.39 bits per heavy atom. The zero-order valence-electron chi connectivity index (χ0n) is 13.2. The molecule has 0 aliphatic carbocycles. The van der Waals surface area contributed by atoms with Crippen molar-refractivity contribution in [2.75, 3.05) is 17.7 Å². The Kier molecular flexibility index (Phi) is 5.73. The third-order valence-electron chi connectivity index (χ3n) is 3.20. The number of thiazole rings is 1. The van der Waals surface area contributed by atoms with Gasteiger partial charge in [0.2, 0.25) is 5.78 Å². The topological polar surface area (TPSA) is 94.3 Å². The summed E-state index contributed by atoms with van der Waals surface area (Å²) in [5.74, 6) is -0.301. The van der Waals surface area contributed by atoms with Crippen LogP contribution < -0.4 is 11.1 Å². The molecule has 0 radical (unpaired) electrons. The fourth-order valence-corrected chi connectivity index (χ4v) is 3.80. The lowest BCUT2D eigenvalue weighted by molar-refractivity contribution is -0.144. The molecular formula is C15H19N3O3S2. The molecule has 0 aliphatic heterocycles. The van der Waals surface area contributed by atoms with Gasteiger partial charge in [-0.1, -0.05) is 18.3 Å². The molecule has 0 saturated carbocycles. The molecule has 0 saturated heterocycles. The van der Waals surface area contributed by atoms with Gasteiger partial charge in [0.1, 0.15) is 16.7 Å². The number of aromatic nitrogens is 1. The van der Waals surface area contributed by atoms with Crippen LogP contribution in [0.15, 0.2) is 11.4 Å². The number of rotatable bonds is 7. The van der Waals surface area contributed by atoms with Gasteiger partial charge in [-0.15, -0.1) is 11.3 Å². The standard InChI is InChI=1S/C15H19N3O3S2/c1-4-9(14(20)21-5-2)17-15-18-13(16)12(23-15)10(19)11-8(3)6-7-22-11/h6-7,9H,4-5,16H2,1-3H3,(H,17,18). The van der Waals surface area contributed by atoms with E-state index in [1.165, 1.54) is 11.3 Å². The lowest BCUT2D eigenvalue weighted by Crippen LogP contribution is -2.30. The van der Waals surface area contributed by atoms with E-state index in [-0.39, 0.29) is 17.6 Å². The molecule has 124 valence electrons. The quantitative estimate of drug-likeness (QED) is 0.587. The van der Waals surface area contributed by atoms with Crippen molar-refractivity contribution in [3.05, 3.63) is 26.8 Å². The first-order chi connectivity index (χ1) is 11.0. The first-order valence-corrected chi connectivity index (χ1v) is 8.95. The van der Waals surface area contributed by atoms with Gasteiger partial charge in [0, 0.05) is 0 Å². The minimum Gasteiger partial charge on any atom is -0.464 e. The van der Waals surface area contributed by atoms with Gasteiger partial charge in [0.05, 0.1) is 11.5 Å². The van der Waals surface area contributed by atoms with E-state index in [1.54, 1.807) is 6.92 Å². The maximum Gasteiger partial charge on any atom is 0.328 e. The lowest BCUT2D eigenvalue weighted by Gasteiger charge is -2.14. The highest BCUT2D eigenvalue weighted by Crippen LogP contribution is 2.30. The van der Waals surface area contributed by atoms with Crippen LogP contribution in [0.2, 0.25) is 0 Å². The van der Waals surface area contributed by atoms with Crippen LogP contribution in [0.4, 0.5) is 10.9 Å². The van der Waals surface area contributed by atoms with Gasteiger partial charge in [0.25, 0.3) is 0 Å². The Bertz CT molecular complexity index is 709. The number of nitrogen functional groups attached to an aromatic ring is 1. The number of hydrogen-bond acceptors (Lipinski definition) is 8. The van der Waals surface area contributed by atoms with Gasteiger partial charge in [-0.25, -0.2) is 9.78 Å². The zero-order chi connectivity index (χ0) is 17.0. The lowest BCUT2D eigenvalue weighted by atomic mass is 10.2. The van der Waals surface area contributed by atoms with E-state index in [9.17, 15) is 9.59 Å². The average Bonchev–Trinajstić information content (AvgIpc) is 3.10. The summed E-state index contributed by atoms with van der Waals surface area (Å²) in [4.78, 5) is 29.6. The van der Waals surface area contributed by atoms with Crippen molar-refractivity contribution in [3.8, 4) is 0 Å². The van der Waals surface area contributed by atoms with Gasteiger partial charge < -0.3 is 15.8 Å². The van der Waals surface area contributed by atoms with Crippen LogP contribution in [0.3, 0.4) is 0 Å². The number of thiophene rings is 1. The van der Waals surface area contributed by atoms with Crippen LogP contribution in [-0.2, 0) is 9.53 Å². The van der Waals surface area contributed by atoms with Crippen molar-refractivity contribution >= 4 is 45.4 Å². The smallest absolute Gasteiger partial charge is 0.328 e. The molecule has 0 bridgehead atoms. The molecule has 1 atom stereocenters. The van der Waals surface area contributed by atoms with Gasteiger partial charge in [-0.2, -0.15) is 0 Å². The van der Waals surface area contributed by atoms with E-state index in [1.807, 2.05) is 25.3 Å². The second-order valence-electron chi connectivity index (χ2n) is 4.85. The number of aryl methyl sites for hydroxylation is 1. The summed E-state index contributed by atoms with van der Waals surface area (Å²) < 4.78 is 5.01. The highest BCUT2D eigenvalue weighted by atomic mass is 32.1. The number of nitrogens with zero attached hydrogens (tertiary/aromatic N) is 1. The molecular weight excluding hydrogens is 334 g/mol. The molecule has 0 spiro atoms. The number of ketones is 1. The van der Waals surface area contributed by atoms with E-state index >= 15 is 0 Å². The molecule has 3 N–H and O–H groups in total. The minimum atomic E-state index is -0.507. The molecule has 6 nitrogen and oxygen atoms in total. The predicted octanol–water partition coefficient (Wildman–Crippen LogP) is 3.08. The SMILES string of the molecule is CCOC(=O)C(CC)Nc1nc(N)c(C(=O)c2sccc2C)s1. The van der Waals surface area contributed by atoms with Crippen molar-refractivity contribution in [2.24, 2.45) is 0 Å². The monoisotopic (exact) mass is 353 g/mol. The maximum absolute atomic E-state index is 12.5. The maximum atomic E-state index is 12.5. The van der Waals surface area contributed by atoms with Crippen molar-refractivity contribution in [2.45, 2.75) is 33.2 Å². The molecule has 8 heteroatoms. The van der Waals surface area contributed by atoms with Gasteiger partial charge in [-0.05, 0) is 37.3 Å². The predicted molar refractivity (Wildman–Crippen MR) is 93.3 cm³/mol.